The number of aryl methyl sites for hydroxylation is 2. The molecular weight excluding hydrogens is 1000 g/mol. The Morgan fingerprint density at radius 2 is 0.940 bits per heavy atom. The van der Waals surface area contributed by atoms with Gasteiger partial charge >= 0.3 is 6.85 Å². The number of rotatable bonds is 7. The third-order valence-corrected chi connectivity index (χ3v) is 18.4. The SMILES string of the molecule is Cc1cccc(C)c1-c1cc2c3c(c1)N1c4cc5ccccc5cc4C(c4ccccc4)(c4ccccc4)c4cccc(c41)B3N(c1cccc(C(C)(C)C)c1)c1ccc(N(c3ccc(C(C)(C)C)cc3)c3ccc(C(C)(C)C)cc3)cc1-2. The van der Waals surface area contributed by atoms with Gasteiger partial charge < -0.3 is 14.6 Å². The summed E-state index contributed by atoms with van der Waals surface area (Å²) in [5.41, 5.74) is 27.6. The molecule has 14 rings (SSSR count). The molecule has 0 atom stereocenters. The van der Waals surface area contributed by atoms with Gasteiger partial charge in [-0.2, -0.15) is 0 Å². The van der Waals surface area contributed by atoms with Crippen molar-refractivity contribution in [2.75, 3.05) is 14.6 Å². The second-order valence-electron chi connectivity index (χ2n) is 26.7. The maximum Gasteiger partial charge on any atom is 0.333 e. The predicted molar refractivity (Wildman–Crippen MR) is 355 cm³/mol. The van der Waals surface area contributed by atoms with Gasteiger partial charge in [0.05, 0.1) is 11.1 Å². The highest BCUT2D eigenvalue weighted by Crippen LogP contribution is 2.60. The van der Waals surface area contributed by atoms with E-state index in [0.717, 1.165) is 17.1 Å². The van der Waals surface area contributed by atoms with E-state index in [4.69, 9.17) is 0 Å². The highest BCUT2D eigenvalue weighted by molar-refractivity contribution is 6.93. The molecule has 0 amide bonds. The number of nitrogens with zero attached hydrogens (tertiary/aromatic N) is 3. The van der Waals surface area contributed by atoms with E-state index in [1.165, 1.54) is 122 Å². The highest BCUT2D eigenvalue weighted by atomic mass is 15.2. The standard InChI is InChI=1S/C79H72BN3/c1-51-23-20-24-52(2)73(51)55-45-66-65-50-63(81(61-39-35-56(36-40-61)76(3,4)5)62-41-37-57(38-42-62)77(6,7)8)43-44-70(65)83(64-32-21-31-60(49-64)78(9,10)11)80-69-34-22-33-67-75(69)82(72(48-55)74(66)80)71-47-54-26-19-18-25-53(54)46-68(71)79(67,58-27-14-12-15-28-58)59-29-16-13-17-30-59/h12-50H,1-11H3. The van der Waals surface area contributed by atoms with E-state index < -0.39 is 5.41 Å². The van der Waals surface area contributed by atoms with Crippen LogP contribution >= 0.6 is 0 Å². The van der Waals surface area contributed by atoms with Crippen molar-refractivity contribution in [3.63, 3.8) is 0 Å². The maximum absolute atomic E-state index is 2.70. The van der Waals surface area contributed by atoms with Gasteiger partial charge in [-0.05, 0) is 197 Å². The van der Waals surface area contributed by atoms with Crippen LogP contribution in [0.2, 0.25) is 0 Å². The van der Waals surface area contributed by atoms with Crippen molar-refractivity contribution < 1.29 is 0 Å². The van der Waals surface area contributed by atoms with Gasteiger partial charge in [0.2, 0.25) is 0 Å². The number of hydrogen-bond donors (Lipinski definition) is 0. The summed E-state index contributed by atoms with van der Waals surface area (Å²) < 4.78 is 0. The molecule has 0 spiro atoms. The van der Waals surface area contributed by atoms with Crippen molar-refractivity contribution in [1.82, 2.24) is 0 Å². The molecule has 3 aliphatic rings. The lowest BCUT2D eigenvalue weighted by Gasteiger charge is -2.52. The fraction of sp³-hybridized carbons (Fsp3) is 0.190. The molecule has 0 aromatic heterocycles. The normalized spacial score (nSPS) is 14.0. The number of fused-ring (bicyclic) bond motifs is 7. The Balaban J connectivity index is 1.12. The van der Waals surface area contributed by atoms with E-state index in [1.54, 1.807) is 0 Å². The molecule has 0 bridgehead atoms. The van der Waals surface area contributed by atoms with Crippen LogP contribution in [0.3, 0.4) is 0 Å². The molecule has 11 aromatic carbocycles. The fourth-order valence-corrected chi connectivity index (χ4v) is 14.2. The Morgan fingerprint density at radius 1 is 0.398 bits per heavy atom. The molecular formula is C79H72BN3. The first-order valence-electron chi connectivity index (χ1n) is 29.8. The maximum atomic E-state index is 2.70. The molecule has 4 heteroatoms. The van der Waals surface area contributed by atoms with Gasteiger partial charge in [0.1, 0.15) is 0 Å². The number of para-hydroxylation sites is 1. The monoisotopic (exact) mass is 1070 g/mol. The lowest BCUT2D eigenvalue weighted by atomic mass is 9.42. The summed E-state index contributed by atoms with van der Waals surface area (Å²) in [6.45, 7) is 25.1. The number of hydrogen-bond acceptors (Lipinski definition) is 3. The summed E-state index contributed by atoms with van der Waals surface area (Å²) in [5.74, 6) is 0. The molecule has 3 aliphatic heterocycles. The van der Waals surface area contributed by atoms with Gasteiger partial charge in [-0.15, -0.1) is 0 Å². The molecule has 83 heavy (non-hydrogen) atoms. The molecule has 0 N–H and O–H groups in total. The molecule has 0 saturated heterocycles. The predicted octanol–water partition coefficient (Wildman–Crippen LogP) is 19.9. The first-order valence-corrected chi connectivity index (χ1v) is 29.8. The summed E-state index contributed by atoms with van der Waals surface area (Å²) in [6.07, 6.45) is 0. The van der Waals surface area contributed by atoms with Crippen LogP contribution in [0.5, 0.6) is 0 Å². The van der Waals surface area contributed by atoms with Crippen LogP contribution in [-0.4, -0.2) is 6.85 Å². The number of anilines is 8. The third kappa shape index (κ3) is 8.30. The summed E-state index contributed by atoms with van der Waals surface area (Å²) in [7, 11) is 0. The molecule has 3 heterocycles. The minimum absolute atomic E-state index is 0.0132. The van der Waals surface area contributed by atoms with Gasteiger partial charge in [0, 0.05) is 45.4 Å². The fourth-order valence-electron chi connectivity index (χ4n) is 14.2. The smallest absolute Gasteiger partial charge is 0.333 e. The van der Waals surface area contributed by atoms with Crippen LogP contribution in [0, 0.1) is 13.8 Å². The third-order valence-electron chi connectivity index (χ3n) is 18.4. The Labute approximate surface area is 492 Å². The van der Waals surface area contributed by atoms with Crippen molar-refractivity contribution in [1.29, 1.82) is 0 Å². The van der Waals surface area contributed by atoms with Gasteiger partial charge in [0.25, 0.3) is 0 Å². The zero-order valence-corrected chi connectivity index (χ0v) is 49.9. The summed E-state index contributed by atoms with van der Waals surface area (Å²) in [4.78, 5) is 7.87. The highest BCUT2D eigenvalue weighted by Gasteiger charge is 2.53. The van der Waals surface area contributed by atoms with Crippen LogP contribution < -0.4 is 25.5 Å². The zero-order chi connectivity index (χ0) is 57.3. The quantitative estimate of drug-likeness (QED) is 0.147. The van der Waals surface area contributed by atoms with Crippen molar-refractivity contribution in [3.8, 4) is 22.3 Å². The Bertz CT molecular complexity index is 4230. The van der Waals surface area contributed by atoms with E-state index in [-0.39, 0.29) is 23.1 Å². The van der Waals surface area contributed by atoms with E-state index in [1.807, 2.05) is 0 Å². The minimum Gasteiger partial charge on any atom is -0.376 e. The van der Waals surface area contributed by atoms with Crippen molar-refractivity contribution in [3.05, 3.63) is 287 Å². The second kappa shape index (κ2) is 19.1. The van der Waals surface area contributed by atoms with Gasteiger partial charge in [0.15, 0.2) is 0 Å². The van der Waals surface area contributed by atoms with E-state index in [2.05, 4.69) is 327 Å². The Hall–Kier alpha value is -8.86. The average molecular weight is 1070 g/mol. The molecule has 0 fully saturated rings. The van der Waals surface area contributed by atoms with Crippen LogP contribution in [0.1, 0.15) is 112 Å². The lowest BCUT2D eigenvalue weighted by molar-refractivity contribution is 0.590. The molecule has 0 aliphatic carbocycles. The van der Waals surface area contributed by atoms with Gasteiger partial charge in [-0.1, -0.05) is 220 Å². The van der Waals surface area contributed by atoms with Gasteiger partial charge in [-0.25, -0.2) is 0 Å². The van der Waals surface area contributed by atoms with Crippen molar-refractivity contribution >= 4 is 74.0 Å². The average Bonchev–Trinajstić information content (AvgIpc) is 0.756. The van der Waals surface area contributed by atoms with E-state index in [0.29, 0.717) is 0 Å². The largest absolute Gasteiger partial charge is 0.376 e. The van der Waals surface area contributed by atoms with E-state index in [9.17, 15) is 0 Å². The number of benzene rings is 11. The molecule has 406 valence electrons. The van der Waals surface area contributed by atoms with Crippen LogP contribution in [-0.2, 0) is 21.7 Å². The Morgan fingerprint density at radius 3 is 1.53 bits per heavy atom. The first kappa shape index (κ1) is 52.2. The van der Waals surface area contributed by atoms with Crippen LogP contribution in [0.15, 0.2) is 237 Å². The van der Waals surface area contributed by atoms with Crippen molar-refractivity contribution in [2.24, 2.45) is 0 Å². The minimum atomic E-state index is -0.674. The molecule has 0 radical (unpaired) electrons. The van der Waals surface area contributed by atoms with Crippen LogP contribution in [0.4, 0.5) is 45.5 Å². The molecule has 11 aromatic rings. The van der Waals surface area contributed by atoms with Gasteiger partial charge in [-0.3, -0.25) is 0 Å². The molecule has 0 unspecified atom stereocenters. The molecule has 0 saturated carbocycles. The summed E-state index contributed by atoms with van der Waals surface area (Å²) in [6, 6.07) is 91.0. The second-order valence-corrected chi connectivity index (χ2v) is 26.7. The van der Waals surface area contributed by atoms with Crippen molar-refractivity contribution in [2.45, 2.75) is 97.8 Å². The zero-order valence-electron chi connectivity index (χ0n) is 49.9. The lowest BCUT2D eigenvalue weighted by Crippen LogP contribution is -2.62. The summed E-state index contributed by atoms with van der Waals surface area (Å²) in [5, 5.41) is 2.44. The molecule has 3 nitrogen and oxygen atoms in total. The Kier molecular flexibility index (Phi) is 12.0. The van der Waals surface area contributed by atoms with Crippen LogP contribution in [0.25, 0.3) is 33.0 Å². The summed E-state index contributed by atoms with van der Waals surface area (Å²) >= 11 is 0. The topological polar surface area (TPSA) is 9.72 Å². The van der Waals surface area contributed by atoms with E-state index >= 15 is 0 Å². The first-order chi connectivity index (χ1) is 39.9.